The van der Waals surface area contributed by atoms with Crippen molar-refractivity contribution in [3.63, 3.8) is 0 Å². The van der Waals surface area contributed by atoms with Gasteiger partial charge in [-0.1, -0.05) is 0 Å². The quantitative estimate of drug-likeness (QED) is 0.870. The van der Waals surface area contributed by atoms with Crippen LogP contribution in [-0.4, -0.2) is 26.0 Å². The number of hydrogen-bond donors (Lipinski definition) is 2. The molecule has 0 unspecified atom stereocenters. The minimum Gasteiger partial charge on any atom is -0.506 e. The predicted octanol–water partition coefficient (Wildman–Crippen LogP) is 1.75. The molecule has 1 amide bonds. The topological polar surface area (TPSA) is 86.7 Å². The Hall–Kier alpha value is -2.13. The second-order valence-corrected chi connectivity index (χ2v) is 7.33. The molecule has 1 aromatic carbocycles. The largest absolute Gasteiger partial charge is 0.506 e. The van der Waals surface area contributed by atoms with Gasteiger partial charge in [-0.15, -0.1) is 11.3 Å². The Kier molecular flexibility index (Phi) is 3.33. The monoisotopic (exact) mass is 342 g/mol. The molecule has 1 aromatic heterocycles. The fourth-order valence-electron chi connectivity index (χ4n) is 2.20. The number of carbonyl (C=O) groups is 1. The van der Waals surface area contributed by atoms with Crippen LogP contribution >= 0.6 is 11.3 Å². The van der Waals surface area contributed by atoms with Crippen LogP contribution < -0.4 is 9.03 Å². The van der Waals surface area contributed by atoms with Crippen LogP contribution in [0, 0.1) is 12.7 Å². The Morgan fingerprint density at radius 1 is 1.41 bits per heavy atom. The number of nitrogens with zero attached hydrogens (tertiary/aromatic N) is 1. The highest BCUT2D eigenvalue weighted by Gasteiger charge is 2.38. The first-order valence-electron chi connectivity index (χ1n) is 6.20. The summed E-state index contributed by atoms with van der Waals surface area (Å²) in [6.45, 7) is 1.28. The standard InChI is InChI=1S/C13H11FN2O4S2/c1-7-4-10(21-6-7)8-2-3-9(17)13(12(8)14)16-5-11(18)15-22(16,19)20/h2-4,6,17H,5H2,1H3,(H,15,18). The van der Waals surface area contributed by atoms with Crippen molar-refractivity contribution in [2.45, 2.75) is 6.92 Å². The second kappa shape index (κ2) is 4.96. The van der Waals surface area contributed by atoms with Gasteiger partial charge in [-0.2, -0.15) is 8.42 Å². The number of rotatable bonds is 2. The Labute approximate surface area is 130 Å². The summed E-state index contributed by atoms with van der Waals surface area (Å²) >= 11 is 1.30. The summed E-state index contributed by atoms with van der Waals surface area (Å²) in [5, 5.41) is 11.7. The molecule has 0 spiro atoms. The maximum Gasteiger partial charge on any atom is 0.326 e. The van der Waals surface area contributed by atoms with Crippen LogP contribution in [0.4, 0.5) is 10.1 Å². The van der Waals surface area contributed by atoms with Crippen LogP contribution in [0.15, 0.2) is 23.6 Å². The average Bonchev–Trinajstić information content (AvgIpc) is 2.93. The third kappa shape index (κ3) is 2.32. The van der Waals surface area contributed by atoms with Crippen molar-refractivity contribution in [1.82, 2.24) is 4.72 Å². The van der Waals surface area contributed by atoms with E-state index in [1.807, 2.05) is 12.3 Å². The lowest BCUT2D eigenvalue weighted by Gasteiger charge is -2.18. The molecule has 3 rings (SSSR count). The zero-order valence-electron chi connectivity index (χ0n) is 11.3. The van der Waals surface area contributed by atoms with Crippen LogP contribution in [0.5, 0.6) is 5.75 Å². The van der Waals surface area contributed by atoms with E-state index in [4.69, 9.17) is 0 Å². The van der Waals surface area contributed by atoms with Gasteiger partial charge in [0.2, 0.25) is 0 Å². The summed E-state index contributed by atoms with van der Waals surface area (Å²) in [5.74, 6) is -2.22. The lowest BCUT2D eigenvalue weighted by atomic mass is 10.1. The fraction of sp³-hybridized carbons (Fsp3) is 0.154. The molecule has 1 fully saturated rings. The Bertz CT molecular complexity index is 876. The van der Waals surface area contributed by atoms with Crippen molar-refractivity contribution >= 4 is 33.1 Å². The smallest absolute Gasteiger partial charge is 0.326 e. The Morgan fingerprint density at radius 3 is 2.68 bits per heavy atom. The third-order valence-electron chi connectivity index (χ3n) is 3.16. The number of benzene rings is 1. The van der Waals surface area contributed by atoms with Crippen molar-refractivity contribution in [2.75, 3.05) is 10.8 Å². The fourth-order valence-corrected chi connectivity index (χ4v) is 4.28. The molecule has 0 radical (unpaired) electrons. The number of thiophene rings is 1. The number of halogens is 1. The molecule has 9 heteroatoms. The molecular weight excluding hydrogens is 331 g/mol. The van der Waals surface area contributed by atoms with Crippen molar-refractivity contribution in [1.29, 1.82) is 0 Å². The molecule has 0 saturated carbocycles. The number of amides is 1. The van der Waals surface area contributed by atoms with E-state index in [1.54, 1.807) is 10.8 Å². The van der Waals surface area contributed by atoms with E-state index in [9.17, 15) is 22.7 Å². The number of nitrogens with one attached hydrogen (secondary N) is 1. The van der Waals surface area contributed by atoms with Gasteiger partial charge in [0.15, 0.2) is 5.82 Å². The highest BCUT2D eigenvalue weighted by Crippen LogP contribution is 2.40. The zero-order chi connectivity index (χ0) is 16.1. The van der Waals surface area contributed by atoms with Crippen molar-refractivity contribution in [2.24, 2.45) is 0 Å². The van der Waals surface area contributed by atoms with Crippen LogP contribution in [-0.2, 0) is 15.0 Å². The molecule has 22 heavy (non-hydrogen) atoms. The summed E-state index contributed by atoms with van der Waals surface area (Å²) < 4.78 is 40.7. The summed E-state index contributed by atoms with van der Waals surface area (Å²) in [6.07, 6.45) is 0. The maximum atomic E-state index is 14.8. The number of aryl methyl sites for hydroxylation is 1. The average molecular weight is 342 g/mol. The number of phenolic OH excluding ortho intramolecular Hbond substituents is 1. The molecule has 6 nitrogen and oxygen atoms in total. The summed E-state index contributed by atoms with van der Waals surface area (Å²) in [6, 6.07) is 4.34. The van der Waals surface area contributed by atoms with E-state index in [2.05, 4.69) is 0 Å². The molecule has 116 valence electrons. The van der Waals surface area contributed by atoms with Gasteiger partial charge in [0.1, 0.15) is 18.0 Å². The number of phenols is 1. The first-order valence-corrected chi connectivity index (χ1v) is 8.52. The van der Waals surface area contributed by atoms with Gasteiger partial charge in [0.05, 0.1) is 0 Å². The summed E-state index contributed by atoms with van der Waals surface area (Å²) in [4.78, 5) is 11.9. The number of anilines is 1. The molecule has 1 aliphatic heterocycles. The van der Waals surface area contributed by atoms with E-state index in [0.717, 1.165) is 5.56 Å². The van der Waals surface area contributed by atoms with Crippen LogP contribution in [0.25, 0.3) is 10.4 Å². The molecule has 2 aromatic rings. The van der Waals surface area contributed by atoms with Gasteiger partial charge < -0.3 is 5.11 Å². The van der Waals surface area contributed by atoms with Crippen LogP contribution in [0.3, 0.4) is 0 Å². The van der Waals surface area contributed by atoms with E-state index >= 15 is 0 Å². The molecule has 0 aliphatic carbocycles. The third-order valence-corrected chi connectivity index (χ3v) is 5.62. The summed E-state index contributed by atoms with van der Waals surface area (Å²) in [7, 11) is -4.19. The molecule has 1 saturated heterocycles. The number of aromatic hydroxyl groups is 1. The highest BCUT2D eigenvalue weighted by molar-refractivity contribution is 7.92. The van der Waals surface area contributed by atoms with Crippen LogP contribution in [0.2, 0.25) is 0 Å². The highest BCUT2D eigenvalue weighted by atomic mass is 32.2. The minimum atomic E-state index is -4.19. The lowest BCUT2D eigenvalue weighted by molar-refractivity contribution is -0.117. The molecule has 0 atom stereocenters. The normalized spacial score (nSPS) is 16.8. The molecule has 2 heterocycles. The first kappa shape index (κ1) is 14.8. The van der Waals surface area contributed by atoms with Gasteiger partial charge in [-0.05, 0) is 36.1 Å². The van der Waals surface area contributed by atoms with Gasteiger partial charge in [0, 0.05) is 10.4 Å². The molecular formula is C13H11FN2O4S2. The first-order chi connectivity index (χ1) is 10.3. The molecule has 2 N–H and O–H groups in total. The SMILES string of the molecule is Cc1csc(-c2ccc(O)c(N3CC(=O)NS3(=O)=O)c2F)c1. The van der Waals surface area contributed by atoms with E-state index in [0.29, 0.717) is 9.18 Å². The Balaban J connectivity index is 2.19. The maximum absolute atomic E-state index is 14.8. The van der Waals surface area contributed by atoms with Gasteiger partial charge in [0.25, 0.3) is 5.91 Å². The minimum absolute atomic E-state index is 0.167. The van der Waals surface area contributed by atoms with E-state index in [1.165, 1.54) is 23.5 Å². The molecule has 0 bridgehead atoms. The van der Waals surface area contributed by atoms with Gasteiger partial charge in [-0.25, -0.2) is 13.4 Å². The van der Waals surface area contributed by atoms with E-state index < -0.39 is 39.9 Å². The van der Waals surface area contributed by atoms with Gasteiger partial charge in [-0.3, -0.25) is 4.79 Å². The zero-order valence-corrected chi connectivity index (χ0v) is 13.0. The van der Waals surface area contributed by atoms with Crippen LogP contribution in [0.1, 0.15) is 5.56 Å². The second-order valence-electron chi connectivity index (χ2n) is 4.82. The summed E-state index contributed by atoms with van der Waals surface area (Å²) in [5.41, 5.74) is 0.585. The Morgan fingerprint density at radius 2 is 2.14 bits per heavy atom. The van der Waals surface area contributed by atoms with Crippen molar-refractivity contribution in [3.05, 3.63) is 35.0 Å². The molecule has 1 aliphatic rings. The van der Waals surface area contributed by atoms with Crippen molar-refractivity contribution in [3.8, 4) is 16.2 Å². The van der Waals surface area contributed by atoms with E-state index in [-0.39, 0.29) is 5.56 Å². The van der Waals surface area contributed by atoms with Gasteiger partial charge >= 0.3 is 10.2 Å². The lowest BCUT2D eigenvalue weighted by Crippen LogP contribution is -2.30. The number of hydrogen-bond acceptors (Lipinski definition) is 5. The predicted molar refractivity (Wildman–Crippen MR) is 80.5 cm³/mol. The number of carbonyl (C=O) groups excluding carboxylic acids is 1. The van der Waals surface area contributed by atoms with Crippen molar-refractivity contribution < 1.29 is 22.7 Å².